The van der Waals surface area contributed by atoms with Crippen LogP contribution in [0.1, 0.15) is 29.4 Å². The number of hydrogen-bond donors (Lipinski definition) is 1. The molecule has 0 bridgehead atoms. The van der Waals surface area contributed by atoms with Gasteiger partial charge in [0.2, 0.25) is 0 Å². The minimum Gasteiger partial charge on any atom is -0.497 e. The zero-order chi connectivity index (χ0) is 24.9. The number of benzene rings is 2. The summed E-state index contributed by atoms with van der Waals surface area (Å²) in [7, 11) is 1.57. The number of amides is 3. The van der Waals surface area contributed by atoms with Gasteiger partial charge in [-0.25, -0.2) is 4.68 Å². The fraction of sp³-hybridized carbons (Fsp3) is 0.240. The van der Waals surface area contributed by atoms with Crippen LogP contribution in [-0.4, -0.2) is 51.9 Å². The van der Waals surface area contributed by atoms with Crippen molar-refractivity contribution < 1.29 is 19.1 Å². The Balaban J connectivity index is 1.45. The number of fused-ring (bicyclic) bond motifs is 1. The lowest BCUT2D eigenvalue weighted by molar-refractivity contribution is -0.122. The Bertz CT molecular complexity index is 1380. The maximum Gasteiger partial charge on any atom is 0.293 e. The van der Waals surface area contributed by atoms with Crippen LogP contribution in [0, 0.1) is 0 Å². The lowest BCUT2D eigenvalue weighted by Crippen LogP contribution is -2.38. The highest BCUT2D eigenvalue weighted by atomic mass is 32.2. The predicted octanol–water partition coefficient (Wildman–Crippen LogP) is 3.28. The Hall–Kier alpha value is -3.92. The minimum absolute atomic E-state index is 0.0168. The third-order valence-corrected chi connectivity index (χ3v) is 6.33. The van der Waals surface area contributed by atoms with Crippen LogP contribution in [-0.2, 0) is 11.3 Å². The van der Waals surface area contributed by atoms with Gasteiger partial charge in [-0.2, -0.15) is 5.10 Å². The van der Waals surface area contributed by atoms with Crippen LogP contribution in [0.3, 0.4) is 0 Å². The molecule has 0 aliphatic carbocycles. The lowest BCUT2D eigenvalue weighted by Gasteiger charge is -2.14. The summed E-state index contributed by atoms with van der Waals surface area (Å²) in [5.41, 5.74) is 0.646. The number of aromatic nitrogens is 2. The molecule has 1 saturated heterocycles. The van der Waals surface area contributed by atoms with E-state index in [1.165, 1.54) is 4.68 Å². The van der Waals surface area contributed by atoms with Gasteiger partial charge < -0.3 is 10.1 Å². The van der Waals surface area contributed by atoms with E-state index in [0.717, 1.165) is 22.2 Å². The minimum atomic E-state index is -0.480. The fourth-order valence-electron chi connectivity index (χ4n) is 3.68. The molecular weight excluding hydrogens is 468 g/mol. The maximum absolute atomic E-state index is 12.9. The summed E-state index contributed by atoms with van der Waals surface area (Å²) in [4.78, 5) is 52.1. The normalized spacial score (nSPS) is 14.7. The number of carbonyl (C=O) groups excluding carboxylic acids is 3. The van der Waals surface area contributed by atoms with E-state index in [0.29, 0.717) is 34.4 Å². The maximum atomic E-state index is 12.9. The second-order valence-electron chi connectivity index (χ2n) is 7.78. The molecule has 1 fully saturated rings. The zero-order valence-electron chi connectivity index (χ0n) is 19.3. The molecule has 10 heteroatoms. The standard InChI is InChI=1S/C25H24N4O5S/c1-3-13-29-23(31)19-7-5-4-6-18(19)21(27-29)22(30)26-12-14-28-24(32)20(35-25(28)33)15-16-8-10-17(34-2)11-9-16/h4-11,15H,3,12-14H2,1-2H3,(H,26,30). The van der Waals surface area contributed by atoms with E-state index in [4.69, 9.17) is 4.74 Å². The quantitative estimate of drug-likeness (QED) is 0.481. The molecule has 35 heavy (non-hydrogen) atoms. The summed E-state index contributed by atoms with van der Waals surface area (Å²) in [6, 6.07) is 13.9. The number of methoxy groups -OCH3 is 1. The van der Waals surface area contributed by atoms with Gasteiger partial charge in [-0.1, -0.05) is 37.3 Å². The second kappa shape index (κ2) is 10.6. The third kappa shape index (κ3) is 5.12. The molecule has 2 heterocycles. The molecule has 0 saturated carbocycles. The Morgan fingerprint density at radius 3 is 2.46 bits per heavy atom. The van der Waals surface area contributed by atoms with E-state index in [1.54, 1.807) is 61.7 Å². The van der Waals surface area contributed by atoms with Crippen LogP contribution in [0.5, 0.6) is 5.75 Å². The Morgan fingerprint density at radius 1 is 1.06 bits per heavy atom. The molecule has 1 aromatic heterocycles. The van der Waals surface area contributed by atoms with Crippen molar-refractivity contribution in [1.29, 1.82) is 0 Å². The molecule has 180 valence electrons. The highest BCUT2D eigenvalue weighted by Gasteiger charge is 2.34. The van der Waals surface area contributed by atoms with Gasteiger partial charge in [0.1, 0.15) is 5.75 Å². The second-order valence-corrected chi connectivity index (χ2v) is 8.78. The Labute approximate surface area is 205 Å². The van der Waals surface area contributed by atoms with Gasteiger partial charge in [0.25, 0.3) is 22.6 Å². The molecule has 2 aromatic carbocycles. The van der Waals surface area contributed by atoms with E-state index in [2.05, 4.69) is 10.4 Å². The summed E-state index contributed by atoms with van der Waals surface area (Å²) >= 11 is 0.857. The van der Waals surface area contributed by atoms with Crippen molar-refractivity contribution in [2.24, 2.45) is 0 Å². The number of imide groups is 1. The van der Waals surface area contributed by atoms with E-state index >= 15 is 0 Å². The van der Waals surface area contributed by atoms with Crippen LogP contribution < -0.4 is 15.6 Å². The first-order chi connectivity index (χ1) is 16.9. The molecule has 9 nitrogen and oxygen atoms in total. The average molecular weight is 493 g/mol. The van der Waals surface area contributed by atoms with Crippen molar-refractivity contribution in [1.82, 2.24) is 20.0 Å². The van der Waals surface area contributed by atoms with E-state index in [1.807, 2.05) is 6.92 Å². The first-order valence-corrected chi connectivity index (χ1v) is 11.9. The molecule has 0 spiro atoms. The molecule has 4 rings (SSSR count). The van der Waals surface area contributed by atoms with Crippen molar-refractivity contribution in [3.8, 4) is 5.75 Å². The largest absolute Gasteiger partial charge is 0.497 e. The van der Waals surface area contributed by atoms with Crippen molar-refractivity contribution >= 4 is 45.7 Å². The summed E-state index contributed by atoms with van der Waals surface area (Å²) in [6.07, 6.45) is 2.34. The summed E-state index contributed by atoms with van der Waals surface area (Å²) in [5, 5.41) is 7.45. The molecule has 1 aliphatic rings. The highest BCUT2D eigenvalue weighted by molar-refractivity contribution is 8.18. The van der Waals surface area contributed by atoms with Crippen LogP contribution in [0.15, 0.2) is 58.2 Å². The number of thioether (sulfide) groups is 1. The molecular formula is C25H24N4O5S. The Morgan fingerprint density at radius 2 is 1.77 bits per heavy atom. The zero-order valence-corrected chi connectivity index (χ0v) is 20.1. The monoisotopic (exact) mass is 492 g/mol. The lowest BCUT2D eigenvalue weighted by atomic mass is 10.1. The smallest absolute Gasteiger partial charge is 0.293 e. The summed E-state index contributed by atoms with van der Waals surface area (Å²) in [5.74, 6) is -0.199. The van der Waals surface area contributed by atoms with Gasteiger partial charge in [-0.15, -0.1) is 0 Å². The number of rotatable bonds is 8. The fourth-order valence-corrected chi connectivity index (χ4v) is 4.54. The molecule has 0 radical (unpaired) electrons. The van der Waals surface area contributed by atoms with Crippen molar-refractivity contribution in [2.45, 2.75) is 19.9 Å². The molecule has 1 N–H and O–H groups in total. The van der Waals surface area contributed by atoms with Gasteiger partial charge >= 0.3 is 0 Å². The van der Waals surface area contributed by atoms with Gasteiger partial charge in [0.15, 0.2) is 5.69 Å². The number of nitrogens with one attached hydrogen (secondary N) is 1. The van der Waals surface area contributed by atoms with E-state index < -0.39 is 17.1 Å². The first-order valence-electron chi connectivity index (χ1n) is 11.1. The van der Waals surface area contributed by atoms with Crippen molar-refractivity contribution in [2.75, 3.05) is 20.2 Å². The number of hydrogen-bond acceptors (Lipinski definition) is 7. The van der Waals surface area contributed by atoms with Crippen LogP contribution in [0.2, 0.25) is 0 Å². The Kier molecular flexibility index (Phi) is 7.31. The van der Waals surface area contributed by atoms with Gasteiger partial charge in [0, 0.05) is 25.0 Å². The SMILES string of the molecule is CCCn1nc(C(=O)NCCN2C(=O)SC(=Cc3ccc(OC)cc3)C2=O)c2ccccc2c1=O. The topological polar surface area (TPSA) is 111 Å². The van der Waals surface area contributed by atoms with Crippen molar-refractivity contribution in [3.63, 3.8) is 0 Å². The van der Waals surface area contributed by atoms with Crippen LogP contribution in [0.25, 0.3) is 16.8 Å². The van der Waals surface area contributed by atoms with Gasteiger partial charge in [0.05, 0.1) is 17.4 Å². The molecule has 3 amide bonds. The van der Waals surface area contributed by atoms with Gasteiger partial charge in [-0.05, 0) is 48.0 Å². The van der Waals surface area contributed by atoms with Crippen LogP contribution >= 0.6 is 11.8 Å². The summed E-state index contributed by atoms with van der Waals surface area (Å²) in [6.45, 7) is 2.38. The number of aryl methyl sites for hydroxylation is 1. The van der Waals surface area contributed by atoms with Crippen LogP contribution in [0.4, 0.5) is 4.79 Å². The third-order valence-electron chi connectivity index (χ3n) is 5.43. The molecule has 0 atom stereocenters. The highest BCUT2D eigenvalue weighted by Crippen LogP contribution is 2.32. The van der Waals surface area contributed by atoms with E-state index in [-0.39, 0.29) is 24.3 Å². The average Bonchev–Trinajstić information content (AvgIpc) is 3.13. The molecule has 3 aromatic rings. The number of nitrogens with zero attached hydrogens (tertiary/aromatic N) is 3. The molecule has 1 aliphatic heterocycles. The first kappa shape index (κ1) is 24.2. The van der Waals surface area contributed by atoms with Gasteiger partial charge in [-0.3, -0.25) is 24.1 Å². The predicted molar refractivity (Wildman–Crippen MR) is 134 cm³/mol. The summed E-state index contributed by atoms with van der Waals surface area (Å²) < 4.78 is 6.42. The number of ether oxygens (including phenoxy) is 1. The number of carbonyl (C=O) groups is 3. The van der Waals surface area contributed by atoms with E-state index in [9.17, 15) is 19.2 Å². The van der Waals surface area contributed by atoms with Crippen molar-refractivity contribution in [3.05, 3.63) is 75.0 Å². The molecule has 0 unspecified atom stereocenters.